The van der Waals surface area contributed by atoms with E-state index in [9.17, 15) is 9.59 Å². The Hall–Kier alpha value is -2.61. The van der Waals surface area contributed by atoms with Gasteiger partial charge in [-0.3, -0.25) is 14.2 Å². The molecule has 1 aromatic carbocycles. The summed E-state index contributed by atoms with van der Waals surface area (Å²) in [4.78, 5) is 29.0. The number of fused-ring (bicyclic) bond motifs is 1. The number of hydrogen-bond acceptors (Lipinski definition) is 6. The summed E-state index contributed by atoms with van der Waals surface area (Å²) in [5.41, 5.74) is 2.87. The minimum Gasteiger partial charge on any atom is -0.350 e. The van der Waals surface area contributed by atoms with Crippen molar-refractivity contribution in [2.24, 2.45) is 0 Å². The van der Waals surface area contributed by atoms with E-state index in [1.54, 1.807) is 30.6 Å². The normalized spacial score (nSPS) is 14.8. The molecule has 0 bridgehead atoms. The van der Waals surface area contributed by atoms with E-state index in [-0.39, 0.29) is 11.5 Å². The first-order chi connectivity index (χ1) is 12.7. The monoisotopic (exact) mass is 369 g/mol. The highest BCUT2D eigenvalue weighted by Gasteiger charge is 2.19. The van der Waals surface area contributed by atoms with E-state index in [2.05, 4.69) is 19.0 Å². The molecule has 2 heterocycles. The zero-order valence-electron chi connectivity index (χ0n) is 14.2. The molecule has 0 radical (unpaired) electrons. The van der Waals surface area contributed by atoms with E-state index in [1.165, 1.54) is 17.4 Å². The van der Waals surface area contributed by atoms with Gasteiger partial charge < -0.3 is 5.32 Å². The van der Waals surface area contributed by atoms with Crippen LogP contribution in [-0.2, 0) is 6.54 Å². The fourth-order valence-electron chi connectivity index (χ4n) is 3.37. The van der Waals surface area contributed by atoms with Gasteiger partial charge in [0.05, 0.1) is 23.7 Å². The summed E-state index contributed by atoms with van der Waals surface area (Å²) >= 11 is 1.12. The van der Waals surface area contributed by atoms with Gasteiger partial charge in [-0.2, -0.15) is 8.75 Å². The van der Waals surface area contributed by atoms with E-state index >= 15 is 0 Å². The van der Waals surface area contributed by atoms with Gasteiger partial charge >= 0.3 is 0 Å². The first kappa shape index (κ1) is 16.8. The quantitative estimate of drug-likeness (QED) is 0.745. The van der Waals surface area contributed by atoms with Crippen LogP contribution in [0.2, 0.25) is 0 Å². The van der Waals surface area contributed by atoms with Crippen molar-refractivity contribution in [3.63, 3.8) is 0 Å². The number of rotatable bonds is 5. The van der Waals surface area contributed by atoms with E-state index in [4.69, 9.17) is 0 Å². The molecule has 2 aromatic heterocycles. The number of benzene rings is 1. The predicted octanol–water partition coefficient (Wildman–Crippen LogP) is 2.34. The Morgan fingerprint density at radius 3 is 2.81 bits per heavy atom. The molecule has 1 fully saturated rings. The number of hydrogen-bond donors (Lipinski definition) is 1. The van der Waals surface area contributed by atoms with E-state index in [1.807, 2.05) is 0 Å². The maximum Gasteiger partial charge on any atom is 0.253 e. The van der Waals surface area contributed by atoms with E-state index in [0.717, 1.165) is 35.8 Å². The van der Waals surface area contributed by atoms with Crippen LogP contribution < -0.4 is 10.9 Å². The van der Waals surface area contributed by atoms with Crippen LogP contribution in [0.25, 0.3) is 11.0 Å². The van der Waals surface area contributed by atoms with Gasteiger partial charge in [0, 0.05) is 30.6 Å². The number of nitrogens with zero attached hydrogens (tertiary/aromatic N) is 4. The van der Waals surface area contributed by atoms with Gasteiger partial charge in [0.15, 0.2) is 0 Å². The van der Waals surface area contributed by atoms with Crippen molar-refractivity contribution in [3.05, 3.63) is 52.2 Å². The number of nitrogens with one attached hydrogen (secondary N) is 1. The van der Waals surface area contributed by atoms with Gasteiger partial charge in [-0.1, -0.05) is 12.8 Å². The summed E-state index contributed by atoms with van der Waals surface area (Å²) in [5.74, 6) is 0.232. The van der Waals surface area contributed by atoms with Crippen molar-refractivity contribution in [2.45, 2.75) is 38.1 Å². The minimum atomic E-state index is -0.191. The highest BCUT2D eigenvalue weighted by molar-refractivity contribution is 7.00. The van der Waals surface area contributed by atoms with Crippen LogP contribution in [0.1, 0.15) is 47.7 Å². The summed E-state index contributed by atoms with van der Waals surface area (Å²) < 4.78 is 9.79. The Balaban J connectivity index is 1.36. The second kappa shape index (κ2) is 7.33. The number of carbonyl (C=O) groups is 1. The molecule has 8 heteroatoms. The molecule has 0 atom stereocenters. The minimum absolute atomic E-state index is 0.0638. The standard InChI is InChI=1S/C18H19N5O2S/c24-17-10-15(12-3-1-2-4-12)20-11-23(17)8-7-19-18(25)13-5-6-14-16(9-13)22-26-21-14/h5-6,9-12H,1-4,7-8H2,(H,19,25). The Morgan fingerprint density at radius 2 is 2.00 bits per heavy atom. The topological polar surface area (TPSA) is 89.8 Å². The lowest BCUT2D eigenvalue weighted by Crippen LogP contribution is -2.31. The Kier molecular flexibility index (Phi) is 4.75. The van der Waals surface area contributed by atoms with Crippen LogP contribution in [0.5, 0.6) is 0 Å². The summed E-state index contributed by atoms with van der Waals surface area (Å²) in [6, 6.07) is 6.87. The summed E-state index contributed by atoms with van der Waals surface area (Å²) in [5, 5.41) is 2.83. The van der Waals surface area contributed by atoms with E-state index in [0.29, 0.717) is 30.1 Å². The first-order valence-electron chi connectivity index (χ1n) is 8.77. The predicted molar refractivity (Wildman–Crippen MR) is 99.5 cm³/mol. The van der Waals surface area contributed by atoms with Crippen LogP contribution in [0.4, 0.5) is 0 Å². The van der Waals surface area contributed by atoms with Gasteiger partial charge in [0.2, 0.25) is 0 Å². The summed E-state index contributed by atoms with van der Waals surface area (Å²) in [6.07, 6.45) is 6.25. The van der Waals surface area contributed by atoms with Crippen molar-refractivity contribution < 1.29 is 4.79 Å². The zero-order chi connectivity index (χ0) is 17.9. The van der Waals surface area contributed by atoms with Crippen LogP contribution >= 0.6 is 11.7 Å². The second-order valence-corrected chi connectivity index (χ2v) is 7.08. The fraction of sp³-hybridized carbons (Fsp3) is 0.389. The largest absolute Gasteiger partial charge is 0.350 e. The van der Waals surface area contributed by atoms with Crippen molar-refractivity contribution in [1.82, 2.24) is 23.6 Å². The third-order valence-electron chi connectivity index (χ3n) is 4.83. The van der Waals surface area contributed by atoms with Gasteiger partial charge in [0.25, 0.3) is 11.5 Å². The van der Waals surface area contributed by atoms with Crippen LogP contribution in [0.3, 0.4) is 0 Å². The van der Waals surface area contributed by atoms with E-state index < -0.39 is 0 Å². The molecule has 26 heavy (non-hydrogen) atoms. The van der Waals surface area contributed by atoms with Crippen LogP contribution in [0.15, 0.2) is 35.4 Å². The molecule has 1 amide bonds. The van der Waals surface area contributed by atoms with Crippen LogP contribution in [0, 0.1) is 0 Å². The average molecular weight is 369 g/mol. The maximum atomic E-state index is 12.3. The SMILES string of the molecule is O=C(NCCn1cnc(C2CCCC2)cc1=O)c1ccc2nsnc2c1. The summed E-state index contributed by atoms with van der Waals surface area (Å²) in [7, 11) is 0. The van der Waals surface area contributed by atoms with Crippen LogP contribution in [-0.4, -0.2) is 30.8 Å². The maximum absolute atomic E-state index is 12.3. The average Bonchev–Trinajstić information content (AvgIpc) is 3.34. The molecule has 3 aromatic rings. The molecule has 0 spiro atoms. The molecule has 134 valence electrons. The van der Waals surface area contributed by atoms with Crippen molar-refractivity contribution >= 4 is 28.7 Å². The third kappa shape index (κ3) is 3.50. The Labute approximate surface area is 154 Å². The molecule has 1 N–H and O–H groups in total. The molecular formula is C18H19N5O2S. The van der Waals surface area contributed by atoms with Crippen molar-refractivity contribution in [1.29, 1.82) is 0 Å². The molecule has 0 saturated heterocycles. The lowest BCUT2D eigenvalue weighted by Gasteiger charge is -2.11. The molecule has 4 rings (SSSR count). The molecule has 0 aliphatic heterocycles. The Morgan fingerprint density at radius 1 is 1.19 bits per heavy atom. The van der Waals surface area contributed by atoms with Gasteiger partial charge in [-0.15, -0.1) is 0 Å². The lowest BCUT2D eigenvalue weighted by molar-refractivity contribution is 0.0952. The molecular weight excluding hydrogens is 350 g/mol. The van der Waals surface area contributed by atoms with Crippen molar-refractivity contribution in [2.75, 3.05) is 6.54 Å². The molecule has 7 nitrogen and oxygen atoms in total. The number of amides is 1. The zero-order valence-corrected chi connectivity index (χ0v) is 15.0. The van der Waals surface area contributed by atoms with Gasteiger partial charge in [-0.25, -0.2) is 4.98 Å². The third-order valence-corrected chi connectivity index (χ3v) is 5.38. The van der Waals surface area contributed by atoms with Gasteiger partial charge in [-0.05, 0) is 31.0 Å². The second-order valence-electron chi connectivity index (χ2n) is 6.55. The van der Waals surface area contributed by atoms with Gasteiger partial charge in [0.1, 0.15) is 11.0 Å². The molecule has 1 aliphatic carbocycles. The molecule has 1 saturated carbocycles. The lowest BCUT2D eigenvalue weighted by atomic mass is 10.0. The number of aromatic nitrogens is 4. The smallest absolute Gasteiger partial charge is 0.253 e. The van der Waals surface area contributed by atoms with Crippen molar-refractivity contribution in [3.8, 4) is 0 Å². The highest BCUT2D eigenvalue weighted by Crippen LogP contribution is 2.32. The fourth-order valence-corrected chi connectivity index (χ4v) is 3.89. The Bertz CT molecular complexity index is 990. The highest BCUT2D eigenvalue weighted by atomic mass is 32.1. The first-order valence-corrected chi connectivity index (χ1v) is 9.50. The number of carbonyl (C=O) groups excluding carboxylic acids is 1. The molecule has 1 aliphatic rings. The summed E-state index contributed by atoms with van der Waals surface area (Å²) in [6.45, 7) is 0.750. The molecule has 0 unspecified atom stereocenters.